The highest BCUT2D eigenvalue weighted by Crippen LogP contribution is 2.59. The summed E-state index contributed by atoms with van der Waals surface area (Å²) in [4.78, 5) is 12.9. The number of nitrogens with zero attached hydrogens (tertiary/aromatic N) is 3. The molecule has 0 fully saturated rings. The molecule has 0 unspecified atom stereocenters. The van der Waals surface area contributed by atoms with Crippen molar-refractivity contribution in [1.82, 2.24) is 9.97 Å². The van der Waals surface area contributed by atoms with Gasteiger partial charge >= 0.3 is 0 Å². The van der Waals surface area contributed by atoms with Crippen LogP contribution < -0.4 is 15.8 Å². The van der Waals surface area contributed by atoms with Crippen molar-refractivity contribution in [2.75, 3.05) is 24.9 Å². The zero-order valence-corrected chi connectivity index (χ0v) is 19.2. The predicted octanol–water partition coefficient (Wildman–Crippen LogP) is 4.59. The van der Waals surface area contributed by atoms with Crippen molar-refractivity contribution in [2.45, 2.75) is 24.1 Å². The van der Waals surface area contributed by atoms with Crippen LogP contribution in [0, 0.1) is 5.82 Å². The van der Waals surface area contributed by atoms with E-state index in [1.54, 1.807) is 31.6 Å². The highest BCUT2D eigenvalue weighted by atomic mass is 32.3. The van der Waals surface area contributed by atoms with Gasteiger partial charge in [0.15, 0.2) is 5.82 Å². The summed E-state index contributed by atoms with van der Waals surface area (Å²) >= 11 is 0. The van der Waals surface area contributed by atoms with E-state index in [2.05, 4.69) is 20.3 Å². The highest BCUT2D eigenvalue weighted by molar-refractivity contribution is 8.26. The van der Waals surface area contributed by atoms with Crippen molar-refractivity contribution in [3.63, 3.8) is 0 Å². The Morgan fingerprint density at radius 3 is 2.64 bits per heavy atom. The summed E-state index contributed by atoms with van der Waals surface area (Å²) in [5.74, 6) is -0.378. The number of pyridine rings is 2. The maximum Gasteiger partial charge on any atom is 0.156 e. The van der Waals surface area contributed by atoms with Crippen LogP contribution >= 0.6 is 10.6 Å². The first kappa shape index (κ1) is 23.1. The Kier molecular flexibility index (Phi) is 5.67. The fraction of sp³-hybridized carbons (Fsp3) is 0.318. The minimum absolute atomic E-state index is 0.136. The van der Waals surface area contributed by atoms with Crippen LogP contribution in [0.1, 0.15) is 19.4 Å². The Labute approximate surface area is 191 Å². The van der Waals surface area contributed by atoms with E-state index in [1.807, 2.05) is 0 Å². The van der Waals surface area contributed by atoms with Gasteiger partial charge in [0.25, 0.3) is 0 Å². The average molecular weight is 478 g/mol. The normalized spacial score (nSPS) is 22.5. The topological polar surface area (TPSA) is 126 Å². The first-order chi connectivity index (χ1) is 15.5. The molecule has 0 aliphatic carbocycles. The number of halogens is 2. The molecule has 0 spiro atoms. The molecule has 1 aliphatic rings. The number of methoxy groups -OCH3 is 1. The van der Waals surface area contributed by atoms with E-state index in [9.17, 15) is 17.9 Å². The number of amidine groups is 1. The van der Waals surface area contributed by atoms with Crippen molar-refractivity contribution in [2.24, 2.45) is 10.7 Å². The molecule has 3 aromatic rings. The third-order valence-electron chi connectivity index (χ3n) is 5.97. The molecule has 2 aromatic heterocycles. The summed E-state index contributed by atoms with van der Waals surface area (Å²) < 4.78 is 54.7. The van der Waals surface area contributed by atoms with Gasteiger partial charge < -0.3 is 15.8 Å². The maximum absolute atomic E-state index is 14.9. The number of nitrogens with one attached hydrogen (secondary N) is 1. The van der Waals surface area contributed by atoms with E-state index in [0.717, 1.165) is 11.5 Å². The number of nitrogens with two attached hydrogens (primary N) is 1. The van der Waals surface area contributed by atoms with Crippen LogP contribution in [0.15, 0.2) is 47.7 Å². The number of fused-ring (bicyclic) bond motifs is 1. The number of alkyl halides is 1. The van der Waals surface area contributed by atoms with E-state index in [-0.39, 0.29) is 11.4 Å². The number of hydrogen-bond donors (Lipinski definition) is 4. The van der Waals surface area contributed by atoms with Gasteiger partial charge in [0.1, 0.15) is 39.9 Å². The van der Waals surface area contributed by atoms with Crippen molar-refractivity contribution in [1.29, 1.82) is 0 Å². The minimum Gasteiger partial charge on any atom is -0.495 e. The molecule has 176 valence electrons. The number of aliphatic imine (C=N–C) groups is 1. The van der Waals surface area contributed by atoms with Gasteiger partial charge in [-0.05, 0) is 44.2 Å². The Morgan fingerprint density at radius 1 is 1.21 bits per heavy atom. The Morgan fingerprint density at radius 2 is 1.97 bits per heavy atom. The molecule has 3 heterocycles. The molecule has 33 heavy (non-hydrogen) atoms. The van der Waals surface area contributed by atoms with Crippen LogP contribution in [0.25, 0.3) is 10.9 Å². The Bertz CT molecular complexity index is 1250. The molecule has 1 aliphatic heterocycles. The van der Waals surface area contributed by atoms with Crippen LogP contribution in [0.5, 0.6) is 5.75 Å². The van der Waals surface area contributed by atoms with Crippen molar-refractivity contribution < 1.29 is 22.6 Å². The molecular weight excluding hydrogens is 452 g/mol. The number of aromatic nitrogens is 2. The predicted molar refractivity (Wildman–Crippen MR) is 127 cm³/mol. The van der Waals surface area contributed by atoms with Gasteiger partial charge in [0.05, 0.1) is 19.1 Å². The number of hydrogen-bond acceptors (Lipinski definition) is 8. The largest absolute Gasteiger partial charge is 0.495 e. The lowest BCUT2D eigenvalue weighted by atomic mass is 9.92. The molecule has 5 N–H and O–H groups in total. The smallest absolute Gasteiger partial charge is 0.156 e. The van der Waals surface area contributed by atoms with Gasteiger partial charge in [-0.1, -0.05) is 0 Å². The summed E-state index contributed by atoms with van der Waals surface area (Å²) in [6.07, 6.45) is 3.14. The average Bonchev–Trinajstić information content (AvgIpc) is 2.78. The number of ether oxygens (including phenoxy) is 1. The number of anilines is 2. The van der Waals surface area contributed by atoms with Crippen LogP contribution in [-0.2, 0) is 5.54 Å². The molecule has 11 heteroatoms. The molecular formula is C22H25F2N5O3S. The summed E-state index contributed by atoms with van der Waals surface area (Å²) in [7, 11) is -1.88. The molecule has 0 amide bonds. The van der Waals surface area contributed by atoms with E-state index in [1.165, 1.54) is 26.0 Å². The molecule has 1 atom stereocenters. The fourth-order valence-corrected chi connectivity index (χ4v) is 5.40. The summed E-state index contributed by atoms with van der Waals surface area (Å²) in [5, 5.41) is 3.85. The third-order valence-corrected chi connectivity index (χ3v) is 8.69. The van der Waals surface area contributed by atoms with Crippen LogP contribution in [-0.4, -0.2) is 49.2 Å². The third kappa shape index (κ3) is 3.85. The minimum atomic E-state index is -3.42. The second-order valence-electron chi connectivity index (χ2n) is 8.41. The number of benzene rings is 1. The lowest BCUT2D eigenvalue weighted by Crippen LogP contribution is -2.53. The second kappa shape index (κ2) is 8.08. The summed E-state index contributed by atoms with van der Waals surface area (Å²) in [5.41, 5.74) is 4.94. The first-order valence-electron chi connectivity index (χ1n) is 10.1. The van der Waals surface area contributed by atoms with Crippen molar-refractivity contribution in [3.8, 4) is 5.75 Å². The monoisotopic (exact) mass is 477 g/mol. The molecule has 1 aromatic carbocycles. The van der Waals surface area contributed by atoms with Crippen molar-refractivity contribution >= 4 is 38.8 Å². The molecule has 0 saturated carbocycles. The fourth-order valence-electron chi connectivity index (χ4n) is 3.70. The summed E-state index contributed by atoms with van der Waals surface area (Å²) in [6.45, 7) is 1.88. The van der Waals surface area contributed by atoms with Gasteiger partial charge in [-0.25, -0.2) is 18.7 Å². The Balaban J connectivity index is 1.78. The zero-order chi connectivity index (χ0) is 24.0. The van der Waals surface area contributed by atoms with E-state index in [0.29, 0.717) is 22.8 Å². The van der Waals surface area contributed by atoms with E-state index < -0.39 is 39.1 Å². The van der Waals surface area contributed by atoms with Crippen LogP contribution in [0.4, 0.5) is 20.3 Å². The second-order valence-corrected chi connectivity index (χ2v) is 11.1. The van der Waals surface area contributed by atoms with E-state index >= 15 is 0 Å². The van der Waals surface area contributed by atoms with Crippen LogP contribution in [0.3, 0.4) is 0 Å². The van der Waals surface area contributed by atoms with Gasteiger partial charge in [0, 0.05) is 22.8 Å². The number of rotatable bonds is 5. The highest BCUT2D eigenvalue weighted by Gasteiger charge is 2.51. The molecule has 0 bridgehead atoms. The molecule has 8 nitrogen and oxygen atoms in total. The molecule has 0 radical (unpaired) electrons. The lowest BCUT2D eigenvalue weighted by Gasteiger charge is -2.53. The van der Waals surface area contributed by atoms with Gasteiger partial charge in [-0.2, -0.15) is 10.6 Å². The Hall–Kier alpha value is -3.02. The zero-order valence-electron chi connectivity index (χ0n) is 18.3. The standard InChI is InChI=1S/C22H25F2N5O3S/c1-21(2)20(25)29-22(11-23,12-33(21,30)31)16-9-14(4-5-17(16)24)28-19-18-13(6-7-26-19)8-15(32-3)10-27-18/h4-10,30-31H,11-12H2,1-3H3,(H2,25,29)(H,26,28)/t22-/m1/s1. The van der Waals surface area contributed by atoms with Gasteiger partial charge in [-0.3, -0.25) is 14.1 Å². The maximum atomic E-state index is 14.9. The quantitative estimate of drug-likeness (QED) is 0.424. The molecule has 0 saturated heterocycles. The van der Waals surface area contributed by atoms with E-state index in [4.69, 9.17) is 10.5 Å². The van der Waals surface area contributed by atoms with Gasteiger partial charge in [0.2, 0.25) is 0 Å². The van der Waals surface area contributed by atoms with Crippen LogP contribution in [0.2, 0.25) is 0 Å². The summed E-state index contributed by atoms with van der Waals surface area (Å²) in [6, 6.07) is 7.58. The molecule has 4 rings (SSSR count). The lowest BCUT2D eigenvalue weighted by molar-refractivity contribution is 0.312. The SMILES string of the molecule is COc1cnc2c(Nc3ccc(F)c([C@@]4(CF)CS(O)(O)C(C)(C)C(N)=N4)c3)nccc2c1. The van der Waals surface area contributed by atoms with Crippen molar-refractivity contribution in [3.05, 3.63) is 54.1 Å². The first-order valence-corrected chi connectivity index (χ1v) is 11.8. The van der Waals surface area contributed by atoms with Gasteiger partial charge in [-0.15, -0.1) is 0 Å².